The minimum Gasteiger partial charge on any atom is -0.303 e. The Hall–Kier alpha value is -1.40. The van der Waals surface area contributed by atoms with Gasteiger partial charge in [0.05, 0.1) is 16.8 Å². The van der Waals surface area contributed by atoms with Gasteiger partial charge in [-0.3, -0.25) is 0 Å². The maximum atomic E-state index is 10.1. The highest BCUT2D eigenvalue weighted by molar-refractivity contribution is 7.98. The summed E-state index contributed by atoms with van der Waals surface area (Å²) in [5, 5.41) is 10.1. The SMILES string of the molecule is Cc1ccccc1CN(O)Sc1nc2ccccc2s1. The molecule has 2 aromatic carbocycles. The van der Waals surface area contributed by atoms with Crippen LogP contribution in [0.15, 0.2) is 52.9 Å². The largest absolute Gasteiger partial charge is 0.303 e. The van der Waals surface area contributed by atoms with E-state index in [-0.39, 0.29) is 0 Å². The van der Waals surface area contributed by atoms with E-state index in [0.29, 0.717) is 6.54 Å². The topological polar surface area (TPSA) is 36.4 Å². The molecule has 3 rings (SSSR count). The Bertz CT molecular complexity index is 693. The van der Waals surface area contributed by atoms with Gasteiger partial charge in [0, 0.05) is 11.9 Å². The molecular weight excluding hydrogens is 288 g/mol. The average molecular weight is 302 g/mol. The first-order valence-corrected chi connectivity index (χ1v) is 7.86. The zero-order valence-corrected chi connectivity index (χ0v) is 12.6. The van der Waals surface area contributed by atoms with Crippen LogP contribution >= 0.6 is 23.3 Å². The number of aromatic nitrogens is 1. The third kappa shape index (κ3) is 3.02. The molecule has 0 aliphatic rings. The normalized spacial score (nSPS) is 11.3. The van der Waals surface area contributed by atoms with Crippen LogP contribution in [0.2, 0.25) is 0 Å². The van der Waals surface area contributed by atoms with Crippen molar-refractivity contribution in [2.75, 3.05) is 0 Å². The number of nitrogens with zero attached hydrogens (tertiary/aromatic N) is 2. The first kappa shape index (κ1) is 13.6. The number of fused-ring (bicyclic) bond motifs is 1. The molecule has 102 valence electrons. The molecule has 0 saturated heterocycles. The van der Waals surface area contributed by atoms with Crippen LogP contribution in [0, 0.1) is 6.92 Å². The molecule has 1 aromatic heterocycles. The molecule has 5 heteroatoms. The highest BCUT2D eigenvalue weighted by atomic mass is 32.2. The quantitative estimate of drug-likeness (QED) is 0.568. The summed E-state index contributed by atoms with van der Waals surface area (Å²) in [6.07, 6.45) is 0. The third-order valence-electron chi connectivity index (χ3n) is 3.02. The van der Waals surface area contributed by atoms with Crippen molar-refractivity contribution in [3.63, 3.8) is 0 Å². The van der Waals surface area contributed by atoms with E-state index in [9.17, 15) is 5.21 Å². The van der Waals surface area contributed by atoms with Crippen molar-refractivity contribution < 1.29 is 5.21 Å². The summed E-state index contributed by atoms with van der Waals surface area (Å²) >= 11 is 2.86. The van der Waals surface area contributed by atoms with Crippen molar-refractivity contribution >= 4 is 33.5 Å². The molecule has 0 fully saturated rings. The number of rotatable bonds is 4. The van der Waals surface area contributed by atoms with E-state index < -0.39 is 0 Å². The molecule has 0 aliphatic carbocycles. The van der Waals surface area contributed by atoms with E-state index in [1.54, 1.807) is 11.3 Å². The minimum atomic E-state index is 0.479. The number of hydroxylamine groups is 1. The summed E-state index contributed by atoms with van der Waals surface area (Å²) in [7, 11) is 0. The van der Waals surface area contributed by atoms with Crippen molar-refractivity contribution in [1.29, 1.82) is 0 Å². The Balaban J connectivity index is 1.72. The fourth-order valence-electron chi connectivity index (χ4n) is 1.95. The third-order valence-corrected chi connectivity index (χ3v) is 4.92. The van der Waals surface area contributed by atoms with Crippen LogP contribution in [0.5, 0.6) is 0 Å². The van der Waals surface area contributed by atoms with Gasteiger partial charge in [-0.2, -0.15) is 0 Å². The standard InChI is InChI=1S/C15H14N2OS2/c1-11-6-2-3-7-12(11)10-17(18)20-15-16-13-8-4-5-9-14(13)19-15/h2-9,18H,10H2,1H3. The van der Waals surface area contributed by atoms with Crippen LogP contribution in [-0.4, -0.2) is 14.7 Å². The molecule has 0 saturated carbocycles. The predicted molar refractivity (Wildman–Crippen MR) is 84.0 cm³/mol. The second-order valence-corrected chi connectivity index (χ2v) is 6.76. The molecule has 0 bridgehead atoms. The van der Waals surface area contributed by atoms with Crippen LogP contribution in [0.4, 0.5) is 0 Å². The predicted octanol–water partition coefficient (Wildman–Crippen LogP) is 4.50. The molecule has 1 heterocycles. The van der Waals surface area contributed by atoms with Gasteiger partial charge in [0.1, 0.15) is 0 Å². The lowest BCUT2D eigenvalue weighted by molar-refractivity contribution is 0.00875. The van der Waals surface area contributed by atoms with Crippen molar-refractivity contribution in [2.45, 2.75) is 17.8 Å². The monoisotopic (exact) mass is 302 g/mol. The Morgan fingerprint density at radius 1 is 1.15 bits per heavy atom. The molecule has 0 radical (unpaired) electrons. The van der Waals surface area contributed by atoms with Gasteiger partial charge in [0.25, 0.3) is 0 Å². The molecule has 0 aliphatic heterocycles. The zero-order chi connectivity index (χ0) is 13.9. The highest BCUT2D eigenvalue weighted by Crippen LogP contribution is 2.31. The first-order valence-electron chi connectivity index (χ1n) is 6.27. The fraction of sp³-hybridized carbons (Fsp3) is 0.133. The fourth-order valence-corrected chi connectivity index (χ4v) is 3.84. The number of hydrogen-bond acceptors (Lipinski definition) is 5. The molecule has 0 unspecified atom stereocenters. The lowest BCUT2D eigenvalue weighted by Gasteiger charge is -2.13. The summed E-state index contributed by atoms with van der Waals surface area (Å²) in [5.74, 6) is 0. The summed E-state index contributed by atoms with van der Waals surface area (Å²) in [6, 6.07) is 16.1. The zero-order valence-electron chi connectivity index (χ0n) is 11.0. The van der Waals surface area contributed by atoms with Gasteiger partial charge in [-0.1, -0.05) is 36.4 Å². The average Bonchev–Trinajstić information content (AvgIpc) is 2.83. The number of aryl methyl sites for hydroxylation is 1. The van der Waals surface area contributed by atoms with Crippen LogP contribution in [-0.2, 0) is 6.54 Å². The Kier molecular flexibility index (Phi) is 4.03. The van der Waals surface area contributed by atoms with Crippen molar-refractivity contribution in [2.24, 2.45) is 0 Å². The molecule has 0 atom stereocenters. The summed E-state index contributed by atoms with van der Waals surface area (Å²) < 4.78 is 3.22. The molecular formula is C15H14N2OS2. The molecule has 3 nitrogen and oxygen atoms in total. The van der Waals surface area contributed by atoms with Crippen molar-refractivity contribution in [1.82, 2.24) is 9.45 Å². The minimum absolute atomic E-state index is 0.479. The second kappa shape index (κ2) is 5.93. The molecule has 3 aromatic rings. The number of hydrogen-bond donors (Lipinski definition) is 1. The first-order chi connectivity index (χ1) is 9.72. The molecule has 1 N–H and O–H groups in total. The van der Waals surface area contributed by atoms with E-state index in [1.807, 2.05) is 55.5 Å². The maximum absolute atomic E-state index is 10.1. The van der Waals surface area contributed by atoms with Gasteiger partial charge >= 0.3 is 0 Å². The van der Waals surface area contributed by atoms with E-state index in [0.717, 1.165) is 20.1 Å². The van der Waals surface area contributed by atoms with E-state index >= 15 is 0 Å². The van der Waals surface area contributed by atoms with E-state index in [4.69, 9.17) is 0 Å². The Morgan fingerprint density at radius 3 is 2.70 bits per heavy atom. The molecule has 0 spiro atoms. The summed E-state index contributed by atoms with van der Waals surface area (Å²) in [6.45, 7) is 2.53. The van der Waals surface area contributed by atoms with Gasteiger partial charge in [-0.25, -0.2) is 4.98 Å². The van der Waals surface area contributed by atoms with Crippen LogP contribution in [0.25, 0.3) is 10.2 Å². The van der Waals surface area contributed by atoms with Crippen molar-refractivity contribution in [3.8, 4) is 0 Å². The highest BCUT2D eigenvalue weighted by Gasteiger charge is 2.10. The van der Waals surface area contributed by atoms with Gasteiger partial charge in [-0.05, 0) is 30.2 Å². The van der Waals surface area contributed by atoms with Crippen LogP contribution < -0.4 is 0 Å². The van der Waals surface area contributed by atoms with Crippen LogP contribution in [0.3, 0.4) is 0 Å². The van der Waals surface area contributed by atoms with Gasteiger partial charge in [0.2, 0.25) is 0 Å². The van der Waals surface area contributed by atoms with E-state index in [1.165, 1.54) is 22.0 Å². The lowest BCUT2D eigenvalue weighted by Crippen LogP contribution is -2.10. The van der Waals surface area contributed by atoms with Crippen molar-refractivity contribution in [3.05, 3.63) is 59.7 Å². The van der Waals surface area contributed by atoms with E-state index in [2.05, 4.69) is 4.98 Å². The van der Waals surface area contributed by atoms with Crippen LogP contribution in [0.1, 0.15) is 11.1 Å². The molecule has 20 heavy (non-hydrogen) atoms. The summed E-state index contributed by atoms with van der Waals surface area (Å²) in [4.78, 5) is 4.50. The smallest absolute Gasteiger partial charge is 0.168 e. The van der Waals surface area contributed by atoms with Gasteiger partial charge in [-0.15, -0.1) is 15.8 Å². The Morgan fingerprint density at radius 2 is 1.90 bits per heavy atom. The van der Waals surface area contributed by atoms with Gasteiger partial charge < -0.3 is 5.21 Å². The maximum Gasteiger partial charge on any atom is 0.168 e. The van der Waals surface area contributed by atoms with Gasteiger partial charge in [0.15, 0.2) is 4.34 Å². The number of benzene rings is 2. The number of para-hydroxylation sites is 1. The summed E-state index contributed by atoms with van der Waals surface area (Å²) in [5.41, 5.74) is 3.27. The lowest BCUT2D eigenvalue weighted by atomic mass is 10.1. The number of thiazole rings is 1. The second-order valence-electron chi connectivity index (χ2n) is 4.48. The Labute approximate surface area is 126 Å². The molecule has 0 amide bonds.